The Morgan fingerprint density at radius 2 is 1.82 bits per heavy atom. The molecule has 0 saturated heterocycles. The number of rotatable bonds is 7. The summed E-state index contributed by atoms with van der Waals surface area (Å²) >= 11 is 12.3. The molecule has 0 aliphatic carbocycles. The van der Waals surface area contributed by atoms with Crippen molar-refractivity contribution in [1.82, 2.24) is 19.3 Å². The standard InChI is InChI=1S/C19H11F5N2O2.C15H13Cl2N3O2/c20-12-6-7-16(15(21)10-12)26-17(27)14-5-2-8-25-18(14)28-13-4-1-3-11(9-13)19(22,23)24;1-2-7-22-13-9-12(10(16)8-11(13)17)20-15(21)19-6-4-3-5-14(19)18-20/h1-10H,(H,26,27);1,8-9H,3-7H2. The second kappa shape index (κ2) is 15.4. The van der Waals surface area contributed by atoms with Crippen LogP contribution in [0.25, 0.3) is 5.69 Å². The number of hydrogen-bond donors (Lipinski definition) is 1. The summed E-state index contributed by atoms with van der Waals surface area (Å²) in [7, 11) is 0. The highest BCUT2D eigenvalue weighted by Crippen LogP contribution is 2.34. The van der Waals surface area contributed by atoms with E-state index in [1.54, 1.807) is 10.6 Å². The van der Waals surface area contributed by atoms with Crippen LogP contribution in [0.1, 0.15) is 34.6 Å². The summed E-state index contributed by atoms with van der Waals surface area (Å²) in [4.78, 5) is 28.7. The summed E-state index contributed by atoms with van der Waals surface area (Å²) in [5.41, 5.74) is -1.13. The first-order chi connectivity index (χ1) is 23.8. The molecule has 258 valence electrons. The molecule has 3 aromatic carbocycles. The molecule has 16 heteroatoms. The largest absolute Gasteiger partial charge is 0.479 e. The lowest BCUT2D eigenvalue weighted by Gasteiger charge is -2.12. The SMILES string of the molecule is C#CCOc1cc(-n2nc3n(c2=O)CCCC3)c(Cl)cc1Cl.O=C(Nc1ccc(F)cc1F)c1cccnc1Oc1cccc(C(F)(F)F)c1. The van der Waals surface area contributed by atoms with E-state index in [4.69, 9.17) is 39.1 Å². The Morgan fingerprint density at radius 3 is 2.54 bits per heavy atom. The van der Waals surface area contributed by atoms with Gasteiger partial charge in [0.1, 0.15) is 41.1 Å². The molecule has 2 aromatic heterocycles. The maximum Gasteiger partial charge on any atom is 0.416 e. The Kier molecular flexibility index (Phi) is 11.1. The number of alkyl halides is 3. The zero-order valence-electron chi connectivity index (χ0n) is 25.6. The highest BCUT2D eigenvalue weighted by atomic mass is 35.5. The first kappa shape index (κ1) is 35.9. The molecule has 0 bridgehead atoms. The summed E-state index contributed by atoms with van der Waals surface area (Å²) < 4.78 is 78.8. The van der Waals surface area contributed by atoms with Gasteiger partial charge in [-0.1, -0.05) is 35.2 Å². The number of amides is 1. The number of nitrogens with zero attached hydrogens (tertiary/aromatic N) is 4. The fourth-order valence-electron chi connectivity index (χ4n) is 4.74. The van der Waals surface area contributed by atoms with Crippen LogP contribution in [-0.4, -0.2) is 31.8 Å². The molecule has 0 atom stereocenters. The molecule has 5 aromatic rings. The van der Waals surface area contributed by atoms with Gasteiger partial charge in [0.15, 0.2) is 0 Å². The number of nitrogens with one attached hydrogen (secondary N) is 1. The van der Waals surface area contributed by atoms with Crippen molar-refractivity contribution in [2.75, 3.05) is 11.9 Å². The number of anilines is 1. The second-order valence-corrected chi connectivity index (χ2v) is 11.3. The number of carbonyl (C=O) groups excluding carboxylic acids is 1. The van der Waals surface area contributed by atoms with Gasteiger partial charge in [-0.25, -0.2) is 18.6 Å². The van der Waals surface area contributed by atoms with Crippen molar-refractivity contribution in [3.8, 4) is 35.4 Å². The first-order valence-electron chi connectivity index (χ1n) is 14.7. The molecule has 0 saturated carbocycles. The molecular formula is C34H24Cl2F5N5O4. The van der Waals surface area contributed by atoms with Gasteiger partial charge in [0, 0.05) is 31.3 Å². The van der Waals surface area contributed by atoms with Crippen molar-refractivity contribution in [2.24, 2.45) is 0 Å². The molecular weight excluding hydrogens is 708 g/mol. The monoisotopic (exact) mass is 731 g/mol. The van der Waals surface area contributed by atoms with Crippen LogP contribution in [0.4, 0.5) is 27.6 Å². The Hall–Kier alpha value is -5.39. The van der Waals surface area contributed by atoms with Gasteiger partial charge in [0.05, 0.1) is 27.0 Å². The number of carbonyl (C=O) groups is 1. The minimum atomic E-state index is -4.57. The van der Waals surface area contributed by atoms with Gasteiger partial charge >= 0.3 is 11.9 Å². The molecule has 1 aliphatic rings. The third kappa shape index (κ3) is 8.42. The molecule has 0 spiro atoms. The number of pyridine rings is 1. The molecule has 0 radical (unpaired) electrons. The van der Waals surface area contributed by atoms with Crippen LogP contribution < -0.4 is 20.5 Å². The topological polar surface area (TPSA) is 100 Å². The highest BCUT2D eigenvalue weighted by Gasteiger charge is 2.31. The van der Waals surface area contributed by atoms with Crippen molar-refractivity contribution in [3.05, 3.63) is 122 Å². The summed E-state index contributed by atoms with van der Waals surface area (Å²) in [6, 6.07) is 12.4. The second-order valence-electron chi connectivity index (χ2n) is 10.5. The van der Waals surface area contributed by atoms with Crippen molar-refractivity contribution in [1.29, 1.82) is 0 Å². The van der Waals surface area contributed by atoms with Crippen molar-refractivity contribution < 1.29 is 36.2 Å². The number of hydrogen-bond acceptors (Lipinski definition) is 6. The van der Waals surface area contributed by atoms with Crippen molar-refractivity contribution in [2.45, 2.75) is 32.0 Å². The van der Waals surface area contributed by atoms with Gasteiger partial charge in [0.25, 0.3) is 5.91 Å². The highest BCUT2D eigenvalue weighted by molar-refractivity contribution is 6.36. The van der Waals surface area contributed by atoms with E-state index in [9.17, 15) is 31.5 Å². The van der Waals surface area contributed by atoms with Gasteiger partial charge in [-0.2, -0.15) is 17.9 Å². The number of terminal acetylenes is 1. The fraction of sp³-hybridized carbons (Fsp3) is 0.176. The van der Waals surface area contributed by atoms with E-state index in [1.165, 1.54) is 35.1 Å². The minimum Gasteiger partial charge on any atom is -0.479 e. The molecule has 6 rings (SSSR count). The molecule has 0 unspecified atom stereocenters. The third-order valence-electron chi connectivity index (χ3n) is 7.08. The lowest BCUT2D eigenvalue weighted by Crippen LogP contribution is -2.26. The Balaban J connectivity index is 0.000000200. The summed E-state index contributed by atoms with van der Waals surface area (Å²) in [5, 5.41) is 7.27. The minimum absolute atomic E-state index is 0.0788. The number of halogens is 7. The number of aromatic nitrogens is 4. The van der Waals surface area contributed by atoms with Crippen molar-refractivity contribution in [3.63, 3.8) is 0 Å². The van der Waals surface area contributed by atoms with Crippen LogP contribution in [0.5, 0.6) is 17.4 Å². The van der Waals surface area contributed by atoms with Gasteiger partial charge in [0.2, 0.25) is 5.88 Å². The Bertz CT molecular complexity index is 2150. The zero-order chi connectivity index (χ0) is 36.0. The Labute approximate surface area is 291 Å². The smallest absolute Gasteiger partial charge is 0.416 e. The molecule has 50 heavy (non-hydrogen) atoms. The molecule has 1 aliphatic heterocycles. The number of aryl methyl sites for hydroxylation is 1. The van der Waals surface area contributed by atoms with E-state index in [0.29, 0.717) is 34.1 Å². The Morgan fingerprint density at radius 1 is 1.02 bits per heavy atom. The van der Waals surface area contributed by atoms with Crippen LogP contribution in [0.15, 0.2) is 77.7 Å². The van der Waals surface area contributed by atoms with E-state index in [-0.39, 0.29) is 35.2 Å². The van der Waals surface area contributed by atoms with Gasteiger partial charge < -0.3 is 14.8 Å². The third-order valence-corrected chi connectivity index (χ3v) is 7.68. The maximum atomic E-state index is 13.7. The van der Waals surface area contributed by atoms with Crippen LogP contribution in [0.3, 0.4) is 0 Å². The lowest BCUT2D eigenvalue weighted by atomic mass is 10.2. The fourth-order valence-corrected chi connectivity index (χ4v) is 5.26. The normalized spacial score (nSPS) is 12.2. The molecule has 9 nitrogen and oxygen atoms in total. The number of fused-ring (bicyclic) bond motifs is 1. The van der Waals surface area contributed by atoms with Gasteiger partial charge in [-0.3, -0.25) is 9.36 Å². The first-order valence-corrected chi connectivity index (χ1v) is 15.4. The summed E-state index contributed by atoms with van der Waals surface area (Å²) in [6.07, 6.45) is 4.68. The molecule has 1 N–H and O–H groups in total. The average molecular weight is 732 g/mol. The van der Waals surface area contributed by atoms with Crippen LogP contribution in [0.2, 0.25) is 10.0 Å². The van der Waals surface area contributed by atoms with E-state index in [0.717, 1.165) is 55.4 Å². The lowest BCUT2D eigenvalue weighted by molar-refractivity contribution is -0.137. The summed E-state index contributed by atoms with van der Waals surface area (Å²) in [5.74, 6) is 0.414. The van der Waals surface area contributed by atoms with E-state index >= 15 is 0 Å². The quantitative estimate of drug-likeness (QED) is 0.134. The van der Waals surface area contributed by atoms with Crippen LogP contribution >= 0.6 is 23.2 Å². The van der Waals surface area contributed by atoms with E-state index in [1.807, 2.05) is 0 Å². The summed E-state index contributed by atoms with van der Waals surface area (Å²) in [6.45, 7) is 0.759. The van der Waals surface area contributed by atoms with Crippen LogP contribution in [-0.2, 0) is 19.1 Å². The predicted molar refractivity (Wildman–Crippen MR) is 175 cm³/mol. The zero-order valence-corrected chi connectivity index (χ0v) is 27.1. The van der Waals surface area contributed by atoms with Crippen molar-refractivity contribution >= 4 is 34.8 Å². The maximum absolute atomic E-state index is 13.7. The molecule has 0 fully saturated rings. The average Bonchev–Trinajstić information content (AvgIpc) is 3.41. The van der Waals surface area contributed by atoms with Gasteiger partial charge in [-0.15, -0.1) is 11.5 Å². The number of benzene rings is 3. The van der Waals surface area contributed by atoms with E-state index < -0.39 is 29.3 Å². The predicted octanol–water partition coefficient (Wildman–Crippen LogP) is 8.11. The molecule has 1 amide bonds. The van der Waals surface area contributed by atoms with Crippen LogP contribution in [0, 0.1) is 24.0 Å². The number of ether oxygens (including phenoxy) is 2. The molecule has 3 heterocycles. The van der Waals surface area contributed by atoms with Gasteiger partial charge in [-0.05, 0) is 61.4 Å². The van der Waals surface area contributed by atoms with E-state index in [2.05, 4.69) is 21.3 Å².